The van der Waals surface area contributed by atoms with E-state index in [0.29, 0.717) is 22.7 Å². The number of rotatable bonds is 3. The minimum Gasteiger partial charge on any atom is -0.496 e. The van der Waals surface area contributed by atoms with E-state index in [0.717, 1.165) is 11.1 Å². The molecule has 5 heteroatoms. The predicted octanol–water partition coefficient (Wildman–Crippen LogP) is 2.19. The van der Waals surface area contributed by atoms with Gasteiger partial charge in [-0.2, -0.15) is 0 Å². The van der Waals surface area contributed by atoms with Crippen molar-refractivity contribution in [2.75, 3.05) is 7.11 Å². The highest BCUT2D eigenvalue weighted by Gasteiger charge is 2.12. The Labute approximate surface area is 115 Å². The molecule has 100 valence electrons. The summed E-state index contributed by atoms with van der Waals surface area (Å²) in [5.74, 6) is 0.611. The first-order chi connectivity index (χ1) is 9.83. The van der Waals surface area contributed by atoms with Crippen LogP contribution in [0.2, 0.25) is 0 Å². The first-order valence-corrected chi connectivity index (χ1v) is 6.18. The van der Waals surface area contributed by atoms with E-state index in [4.69, 9.17) is 4.74 Å². The molecular formula is C15H13N3O2. The zero-order valence-corrected chi connectivity index (χ0v) is 10.9. The fourth-order valence-electron chi connectivity index (χ4n) is 2.13. The summed E-state index contributed by atoms with van der Waals surface area (Å²) in [5.41, 5.74) is 3.50. The molecule has 20 heavy (non-hydrogen) atoms. The van der Waals surface area contributed by atoms with Crippen molar-refractivity contribution in [2.45, 2.75) is 6.61 Å². The van der Waals surface area contributed by atoms with Crippen LogP contribution in [0.4, 0.5) is 0 Å². The second-order valence-corrected chi connectivity index (χ2v) is 4.26. The lowest BCUT2D eigenvalue weighted by Gasteiger charge is -2.11. The Hall–Kier alpha value is -2.53. The van der Waals surface area contributed by atoms with Crippen LogP contribution in [-0.4, -0.2) is 27.2 Å². The van der Waals surface area contributed by atoms with Crippen LogP contribution in [-0.2, 0) is 6.61 Å². The highest BCUT2D eigenvalue weighted by Crippen LogP contribution is 2.32. The summed E-state index contributed by atoms with van der Waals surface area (Å²) in [6, 6.07) is 9.24. The van der Waals surface area contributed by atoms with Gasteiger partial charge in [-0.3, -0.25) is 4.98 Å². The molecule has 5 nitrogen and oxygen atoms in total. The lowest BCUT2D eigenvalue weighted by molar-refractivity contribution is 0.274. The Bertz CT molecular complexity index is 759. The molecule has 0 spiro atoms. The van der Waals surface area contributed by atoms with Gasteiger partial charge in [-0.15, -0.1) is 0 Å². The van der Waals surface area contributed by atoms with Crippen molar-refractivity contribution in [3.63, 3.8) is 0 Å². The number of hydrogen-bond acceptors (Lipinski definition) is 5. The summed E-state index contributed by atoms with van der Waals surface area (Å²) in [4.78, 5) is 13.0. The van der Waals surface area contributed by atoms with E-state index in [-0.39, 0.29) is 6.61 Å². The molecule has 0 unspecified atom stereocenters. The number of pyridine rings is 1. The summed E-state index contributed by atoms with van der Waals surface area (Å²) in [5, 5.41) is 9.36. The molecule has 3 aromatic rings. The van der Waals surface area contributed by atoms with Crippen LogP contribution < -0.4 is 4.74 Å². The third-order valence-corrected chi connectivity index (χ3v) is 3.07. The fourth-order valence-corrected chi connectivity index (χ4v) is 2.13. The van der Waals surface area contributed by atoms with Crippen LogP contribution in [0.1, 0.15) is 5.56 Å². The molecule has 0 aliphatic heterocycles. The topological polar surface area (TPSA) is 68.1 Å². The van der Waals surface area contributed by atoms with E-state index < -0.39 is 0 Å². The third-order valence-electron chi connectivity index (χ3n) is 3.07. The monoisotopic (exact) mass is 267 g/mol. The van der Waals surface area contributed by atoms with Gasteiger partial charge < -0.3 is 9.84 Å². The Morgan fingerprint density at radius 2 is 2.05 bits per heavy atom. The van der Waals surface area contributed by atoms with Gasteiger partial charge in [0, 0.05) is 17.3 Å². The van der Waals surface area contributed by atoms with Crippen molar-refractivity contribution >= 4 is 11.2 Å². The molecule has 0 radical (unpaired) electrons. The number of para-hydroxylation sites is 1. The average Bonchev–Trinajstić information content (AvgIpc) is 2.53. The predicted molar refractivity (Wildman–Crippen MR) is 75.2 cm³/mol. The number of aliphatic hydroxyl groups excluding tert-OH is 1. The molecule has 2 aromatic heterocycles. The van der Waals surface area contributed by atoms with Gasteiger partial charge in [-0.1, -0.05) is 12.1 Å². The number of benzene rings is 1. The van der Waals surface area contributed by atoms with Crippen molar-refractivity contribution in [1.29, 1.82) is 0 Å². The third kappa shape index (κ3) is 2.08. The lowest BCUT2D eigenvalue weighted by atomic mass is 10.1. The summed E-state index contributed by atoms with van der Waals surface area (Å²) in [6.45, 7) is -0.0870. The van der Waals surface area contributed by atoms with Gasteiger partial charge in [-0.05, 0) is 18.2 Å². The Morgan fingerprint density at radius 1 is 1.15 bits per heavy atom. The SMILES string of the molecule is COc1c(CO)cccc1-c1cnc2cccnc2n1. The molecule has 2 heterocycles. The zero-order chi connectivity index (χ0) is 13.9. The number of nitrogens with zero attached hydrogens (tertiary/aromatic N) is 3. The smallest absolute Gasteiger partial charge is 0.178 e. The molecular weight excluding hydrogens is 254 g/mol. The van der Waals surface area contributed by atoms with Gasteiger partial charge in [-0.25, -0.2) is 9.97 Å². The molecule has 1 aromatic carbocycles. The molecule has 0 fully saturated rings. The summed E-state index contributed by atoms with van der Waals surface area (Å²) < 4.78 is 5.39. The maximum atomic E-state index is 9.36. The second kappa shape index (κ2) is 5.22. The number of hydrogen-bond donors (Lipinski definition) is 1. The van der Waals surface area contributed by atoms with Crippen LogP contribution in [0.5, 0.6) is 5.75 Å². The van der Waals surface area contributed by atoms with Crippen molar-refractivity contribution in [2.24, 2.45) is 0 Å². The van der Waals surface area contributed by atoms with Gasteiger partial charge in [0.1, 0.15) is 11.3 Å². The molecule has 0 bridgehead atoms. The standard InChI is InChI=1S/C15H13N3O2/c1-20-14-10(9-19)4-2-5-11(14)13-8-17-12-6-3-7-16-15(12)18-13/h2-8,19H,9H2,1H3. The summed E-state index contributed by atoms with van der Waals surface area (Å²) in [7, 11) is 1.57. The number of methoxy groups -OCH3 is 1. The largest absolute Gasteiger partial charge is 0.496 e. The summed E-state index contributed by atoms with van der Waals surface area (Å²) >= 11 is 0. The minimum atomic E-state index is -0.0870. The van der Waals surface area contributed by atoms with Gasteiger partial charge in [0.05, 0.1) is 25.6 Å². The molecule has 1 N–H and O–H groups in total. The quantitative estimate of drug-likeness (QED) is 0.787. The van der Waals surface area contributed by atoms with Crippen molar-refractivity contribution < 1.29 is 9.84 Å². The van der Waals surface area contributed by atoms with Gasteiger partial charge in [0.15, 0.2) is 5.65 Å². The number of ether oxygens (including phenoxy) is 1. The Balaban J connectivity index is 2.20. The van der Waals surface area contributed by atoms with Crippen LogP contribution in [0.15, 0.2) is 42.7 Å². The first kappa shape index (κ1) is 12.5. The number of fused-ring (bicyclic) bond motifs is 1. The van der Waals surface area contributed by atoms with Crippen LogP contribution in [0.3, 0.4) is 0 Å². The van der Waals surface area contributed by atoms with E-state index in [9.17, 15) is 5.11 Å². The van der Waals surface area contributed by atoms with Crippen LogP contribution >= 0.6 is 0 Å². The fraction of sp³-hybridized carbons (Fsp3) is 0.133. The molecule has 0 atom stereocenters. The van der Waals surface area contributed by atoms with E-state index in [1.54, 1.807) is 19.5 Å². The van der Waals surface area contributed by atoms with E-state index >= 15 is 0 Å². The highest BCUT2D eigenvalue weighted by atomic mass is 16.5. The first-order valence-electron chi connectivity index (χ1n) is 6.18. The molecule has 0 aliphatic carbocycles. The van der Waals surface area contributed by atoms with Crippen LogP contribution in [0.25, 0.3) is 22.4 Å². The van der Waals surface area contributed by atoms with E-state index in [1.807, 2.05) is 30.3 Å². The maximum Gasteiger partial charge on any atom is 0.178 e. The van der Waals surface area contributed by atoms with Crippen molar-refractivity contribution in [3.05, 3.63) is 48.3 Å². The van der Waals surface area contributed by atoms with E-state index in [1.165, 1.54) is 0 Å². The molecule has 3 rings (SSSR count). The Morgan fingerprint density at radius 3 is 2.85 bits per heavy atom. The Kier molecular flexibility index (Phi) is 3.26. The zero-order valence-electron chi connectivity index (χ0n) is 10.9. The van der Waals surface area contributed by atoms with Gasteiger partial charge >= 0.3 is 0 Å². The number of aromatic nitrogens is 3. The van der Waals surface area contributed by atoms with Crippen molar-refractivity contribution in [3.8, 4) is 17.0 Å². The maximum absolute atomic E-state index is 9.36. The van der Waals surface area contributed by atoms with Gasteiger partial charge in [0.2, 0.25) is 0 Å². The molecule has 0 saturated carbocycles. The number of aliphatic hydroxyl groups is 1. The van der Waals surface area contributed by atoms with Crippen molar-refractivity contribution in [1.82, 2.24) is 15.0 Å². The van der Waals surface area contributed by atoms with Gasteiger partial charge in [0.25, 0.3) is 0 Å². The minimum absolute atomic E-state index is 0.0870. The lowest BCUT2D eigenvalue weighted by Crippen LogP contribution is -1.97. The highest BCUT2D eigenvalue weighted by molar-refractivity contribution is 5.75. The molecule has 0 aliphatic rings. The normalized spacial score (nSPS) is 10.7. The van der Waals surface area contributed by atoms with E-state index in [2.05, 4.69) is 15.0 Å². The second-order valence-electron chi connectivity index (χ2n) is 4.26. The average molecular weight is 267 g/mol. The van der Waals surface area contributed by atoms with Crippen LogP contribution in [0, 0.1) is 0 Å². The molecule has 0 saturated heterocycles. The summed E-state index contributed by atoms with van der Waals surface area (Å²) in [6.07, 6.45) is 3.37. The molecule has 0 amide bonds.